The zero-order chi connectivity index (χ0) is 20.8. The van der Waals surface area contributed by atoms with E-state index in [1.165, 1.54) is 4.70 Å². The van der Waals surface area contributed by atoms with Crippen molar-refractivity contribution in [3.8, 4) is 17.1 Å². The summed E-state index contributed by atoms with van der Waals surface area (Å²) in [4.78, 5) is 14.8. The highest BCUT2D eigenvalue weighted by Crippen LogP contribution is 2.35. The van der Waals surface area contributed by atoms with Gasteiger partial charge in [0.05, 0.1) is 27.1 Å². The van der Waals surface area contributed by atoms with Gasteiger partial charge in [0.2, 0.25) is 0 Å². The van der Waals surface area contributed by atoms with E-state index in [-0.39, 0.29) is 0 Å². The predicted molar refractivity (Wildman–Crippen MR) is 125 cm³/mol. The third-order valence-electron chi connectivity index (χ3n) is 5.36. The number of aromatic nitrogens is 4. The van der Waals surface area contributed by atoms with Crippen LogP contribution in [0.5, 0.6) is 5.75 Å². The number of nitrogens with zero attached hydrogens (tertiary/aromatic N) is 4. The molecule has 0 unspecified atom stereocenters. The lowest BCUT2D eigenvalue weighted by atomic mass is 10.2. The highest BCUT2D eigenvalue weighted by atomic mass is 32.1. The van der Waals surface area contributed by atoms with Gasteiger partial charge in [-0.25, -0.2) is 9.97 Å². The summed E-state index contributed by atoms with van der Waals surface area (Å²) in [6, 6.07) is 22.4. The van der Waals surface area contributed by atoms with Crippen LogP contribution in [0.25, 0.3) is 37.3 Å². The Morgan fingerprint density at radius 1 is 0.935 bits per heavy atom. The number of hydrogen-bond acceptors (Lipinski definition) is 5. The largest absolute Gasteiger partial charge is 0.487 e. The maximum atomic E-state index is 6.08. The molecule has 0 aliphatic carbocycles. The molecule has 0 radical (unpaired) electrons. The third kappa shape index (κ3) is 3.12. The molecule has 2 aromatic carbocycles. The maximum absolute atomic E-state index is 6.08. The quantitative estimate of drug-likeness (QED) is 0.347. The van der Waals surface area contributed by atoms with Gasteiger partial charge in [-0.05, 0) is 49.4 Å². The molecule has 150 valence electrons. The molecule has 0 fully saturated rings. The van der Waals surface area contributed by atoms with E-state index in [0.29, 0.717) is 6.61 Å². The van der Waals surface area contributed by atoms with Gasteiger partial charge in [-0.15, -0.1) is 11.3 Å². The summed E-state index contributed by atoms with van der Waals surface area (Å²) < 4.78 is 9.47. The van der Waals surface area contributed by atoms with Gasteiger partial charge >= 0.3 is 0 Å². The van der Waals surface area contributed by atoms with E-state index in [1.54, 1.807) is 23.7 Å². The topological polar surface area (TPSA) is 52.3 Å². The number of benzene rings is 2. The molecular weight excluding hydrogens is 404 g/mol. The Bertz CT molecular complexity index is 1550. The fourth-order valence-corrected chi connectivity index (χ4v) is 4.97. The fraction of sp³-hybridized carbons (Fsp3) is 0.0800. The minimum absolute atomic E-state index is 0.434. The van der Waals surface area contributed by atoms with Gasteiger partial charge in [-0.1, -0.05) is 24.3 Å². The number of rotatable bonds is 4. The van der Waals surface area contributed by atoms with Crippen molar-refractivity contribution in [2.75, 3.05) is 0 Å². The average molecular weight is 423 g/mol. The second-order valence-corrected chi connectivity index (χ2v) is 8.44. The van der Waals surface area contributed by atoms with Crippen LogP contribution in [0.1, 0.15) is 11.4 Å². The first-order valence-corrected chi connectivity index (χ1v) is 10.9. The number of thiazole rings is 1. The van der Waals surface area contributed by atoms with E-state index in [9.17, 15) is 0 Å². The van der Waals surface area contributed by atoms with Crippen molar-refractivity contribution >= 4 is 37.3 Å². The first-order valence-electron chi connectivity index (χ1n) is 10.1. The molecule has 0 saturated carbocycles. The van der Waals surface area contributed by atoms with Crippen LogP contribution in [0.15, 0.2) is 79.1 Å². The molecule has 0 aliphatic rings. The van der Waals surface area contributed by atoms with E-state index >= 15 is 0 Å². The second kappa shape index (κ2) is 7.18. The summed E-state index contributed by atoms with van der Waals surface area (Å²) in [6.07, 6.45) is 3.60. The molecule has 0 bridgehead atoms. The fourth-order valence-electron chi connectivity index (χ4n) is 3.85. The summed E-state index contributed by atoms with van der Waals surface area (Å²) in [5.41, 5.74) is 5.11. The molecule has 4 aromatic heterocycles. The Hall–Kier alpha value is -3.77. The molecule has 6 aromatic rings. The molecule has 4 heterocycles. The van der Waals surface area contributed by atoms with Crippen LogP contribution in [-0.2, 0) is 6.61 Å². The van der Waals surface area contributed by atoms with Gasteiger partial charge in [-0.3, -0.25) is 9.38 Å². The summed E-state index contributed by atoms with van der Waals surface area (Å²) in [5, 5.41) is 1.14. The highest BCUT2D eigenvalue weighted by molar-refractivity contribution is 7.24. The zero-order valence-electron chi connectivity index (χ0n) is 16.8. The van der Waals surface area contributed by atoms with E-state index in [2.05, 4.69) is 40.6 Å². The van der Waals surface area contributed by atoms with E-state index in [4.69, 9.17) is 14.7 Å². The summed E-state index contributed by atoms with van der Waals surface area (Å²) >= 11 is 1.73. The van der Waals surface area contributed by atoms with Crippen molar-refractivity contribution in [2.24, 2.45) is 0 Å². The van der Waals surface area contributed by atoms with E-state index in [0.717, 1.165) is 49.8 Å². The normalized spacial score (nSPS) is 11.5. The van der Waals surface area contributed by atoms with Crippen molar-refractivity contribution in [1.82, 2.24) is 19.4 Å². The van der Waals surface area contributed by atoms with E-state index < -0.39 is 0 Å². The lowest BCUT2D eigenvalue weighted by Gasteiger charge is -2.07. The Kier molecular flexibility index (Phi) is 4.18. The standard InChI is InChI=1S/C25H18N4OS/c1-16-25-29(24(27-16)18-10-12-26-13-11-18)22-9-8-20(14-23(22)31-25)30-15-19-7-6-17-4-2-3-5-21(17)28-19/h2-14H,15H2,1H3. The Labute approximate surface area is 182 Å². The molecule has 0 N–H and O–H groups in total. The molecule has 0 amide bonds. The lowest BCUT2D eigenvalue weighted by molar-refractivity contribution is 0.302. The molecule has 0 aliphatic heterocycles. The second-order valence-electron chi connectivity index (χ2n) is 7.41. The van der Waals surface area contributed by atoms with Gasteiger partial charge in [0.1, 0.15) is 23.0 Å². The van der Waals surface area contributed by atoms with Gasteiger partial charge in [0.25, 0.3) is 0 Å². The lowest BCUT2D eigenvalue weighted by Crippen LogP contribution is -1.98. The van der Waals surface area contributed by atoms with Gasteiger partial charge in [0, 0.05) is 23.3 Å². The molecule has 0 atom stereocenters. The van der Waals surface area contributed by atoms with Crippen LogP contribution in [0.4, 0.5) is 0 Å². The molecule has 6 heteroatoms. The van der Waals surface area contributed by atoms with Crippen LogP contribution in [-0.4, -0.2) is 19.4 Å². The Balaban J connectivity index is 1.34. The molecule has 31 heavy (non-hydrogen) atoms. The van der Waals surface area contributed by atoms with Gasteiger partial charge in [-0.2, -0.15) is 0 Å². The molecule has 0 saturated heterocycles. The number of aryl methyl sites for hydroxylation is 1. The van der Waals surface area contributed by atoms with Gasteiger partial charge < -0.3 is 4.74 Å². The molecular formula is C25H18N4OS. The number of para-hydroxylation sites is 1. The number of imidazole rings is 1. The minimum atomic E-state index is 0.434. The predicted octanol–water partition coefficient (Wildman–Crippen LogP) is 6.05. The number of pyridine rings is 2. The monoisotopic (exact) mass is 422 g/mol. The van der Waals surface area contributed by atoms with E-state index in [1.807, 2.05) is 42.5 Å². The summed E-state index contributed by atoms with van der Waals surface area (Å²) in [6.45, 7) is 2.49. The summed E-state index contributed by atoms with van der Waals surface area (Å²) in [5.74, 6) is 1.78. The molecule has 5 nitrogen and oxygen atoms in total. The first kappa shape index (κ1) is 18.0. The Morgan fingerprint density at radius 2 is 1.81 bits per heavy atom. The van der Waals surface area contributed by atoms with Crippen molar-refractivity contribution in [3.05, 3.63) is 90.5 Å². The number of hydrogen-bond donors (Lipinski definition) is 0. The maximum Gasteiger partial charge on any atom is 0.146 e. The van der Waals surface area contributed by atoms with Crippen LogP contribution in [0.2, 0.25) is 0 Å². The van der Waals surface area contributed by atoms with Crippen molar-refractivity contribution in [1.29, 1.82) is 0 Å². The molecule has 0 spiro atoms. The Morgan fingerprint density at radius 3 is 2.71 bits per heavy atom. The number of ether oxygens (including phenoxy) is 1. The average Bonchev–Trinajstić information content (AvgIpc) is 3.35. The van der Waals surface area contributed by atoms with Gasteiger partial charge in [0.15, 0.2) is 0 Å². The highest BCUT2D eigenvalue weighted by Gasteiger charge is 2.16. The first-order chi connectivity index (χ1) is 15.3. The van der Waals surface area contributed by atoms with Crippen LogP contribution in [0, 0.1) is 6.92 Å². The SMILES string of the molecule is Cc1nc(-c2ccncc2)n2c1sc1cc(OCc3ccc4ccccc4n3)ccc12. The molecule has 6 rings (SSSR count). The van der Waals surface area contributed by atoms with Crippen molar-refractivity contribution < 1.29 is 4.74 Å². The number of fused-ring (bicyclic) bond motifs is 4. The van der Waals surface area contributed by atoms with Crippen LogP contribution < -0.4 is 4.74 Å². The van der Waals surface area contributed by atoms with Crippen molar-refractivity contribution in [3.63, 3.8) is 0 Å². The van der Waals surface area contributed by atoms with Crippen LogP contribution >= 0.6 is 11.3 Å². The summed E-state index contributed by atoms with van der Waals surface area (Å²) in [7, 11) is 0. The third-order valence-corrected chi connectivity index (χ3v) is 6.58. The smallest absolute Gasteiger partial charge is 0.146 e. The van der Waals surface area contributed by atoms with Crippen molar-refractivity contribution in [2.45, 2.75) is 13.5 Å². The van der Waals surface area contributed by atoms with Crippen LogP contribution in [0.3, 0.4) is 0 Å². The minimum Gasteiger partial charge on any atom is -0.487 e. The zero-order valence-corrected chi connectivity index (χ0v) is 17.6.